The predicted octanol–water partition coefficient (Wildman–Crippen LogP) is 4.30. The van der Waals surface area contributed by atoms with Gasteiger partial charge >= 0.3 is 0 Å². The molecule has 1 heterocycles. The summed E-state index contributed by atoms with van der Waals surface area (Å²) in [4.78, 5) is 33.0. The topological polar surface area (TPSA) is 133 Å². The predicted molar refractivity (Wildman–Crippen MR) is 111 cm³/mol. The third-order valence-corrected chi connectivity index (χ3v) is 4.30. The van der Waals surface area contributed by atoms with Crippen LogP contribution in [0.2, 0.25) is 5.02 Å². The molecule has 0 aliphatic rings. The Morgan fingerprint density at radius 3 is 2.43 bits per heavy atom. The zero-order valence-electron chi connectivity index (χ0n) is 15.5. The van der Waals surface area contributed by atoms with Gasteiger partial charge in [0.1, 0.15) is 10.8 Å². The monoisotopic (exact) mass is 427 g/mol. The van der Waals surface area contributed by atoms with E-state index < -0.39 is 15.8 Å². The van der Waals surface area contributed by atoms with Crippen LogP contribution in [0.1, 0.15) is 11.3 Å². The Bertz CT molecular complexity index is 1170. The first-order valence-corrected chi connectivity index (χ1v) is 8.87. The first kappa shape index (κ1) is 20.7. The van der Waals surface area contributed by atoms with Gasteiger partial charge in [0.05, 0.1) is 21.2 Å². The summed E-state index contributed by atoms with van der Waals surface area (Å²) in [5.41, 5.74) is 1.27. The number of nitro benzene ring substituents is 2. The van der Waals surface area contributed by atoms with Crippen LogP contribution >= 0.6 is 11.6 Å². The zero-order valence-corrected chi connectivity index (χ0v) is 16.2. The van der Waals surface area contributed by atoms with Gasteiger partial charge in [-0.25, -0.2) is 4.68 Å². The highest BCUT2D eigenvalue weighted by atomic mass is 35.5. The minimum atomic E-state index is -0.606. The van der Waals surface area contributed by atoms with E-state index in [2.05, 4.69) is 10.4 Å². The molecule has 152 valence electrons. The molecule has 0 fully saturated rings. The van der Waals surface area contributed by atoms with E-state index in [1.54, 1.807) is 19.1 Å². The van der Waals surface area contributed by atoms with Crippen molar-refractivity contribution in [2.45, 2.75) is 6.92 Å². The molecule has 3 rings (SSSR count). The van der Waals surface area contributed by atoms with Gasteiger partial charge in [-0.2, -0.15) is 5.10 Å². The van der Waals surface area contributed by atoms with Gasteiger partial charge in [0.2, 0.25) is 5.91 Å². The number of halogens is 1. The lowest BCUT2D eigenvalue weighted by Crippen LogP contribution is -2.12. The molecule has 0 aliphatic carbocycles. The molecule has 0 unspecified atom stereocenters. The Balaban J connectivity index is 1.79. The van der Waals surface area contributed by atoms with Crippen LogP contribution in [-0.4, -0.2) is 25.5 Å². The largest absolute Gasteiger partial charge is 0.307 e. The van der Waals surface area contributed by atoms with E-state index in [0.717, 1.165) is 0 Å². The lowest BCUT2D eigenvalue weighted by molar-refractivity contribution is -0.385. The number of hydrogen-bond donors (Lipinski definition) is 1. The normalized spacial score (nSPS) is 10.9. The second-order valence-corrected chi connectivity index (χ2v) is 6.55. The number of aromatic nitrogens is 2. The Morgan fingerprint density at radius 1 is 1.10 bits per heavy atom. The highest BCUT2D eigenvalue weighted by molar-refractivity contribution is 6.32. The third-order valence-electron chi connectivity index (χ3n) is 3.98. The number of carbonyl (C=O) groups excluding carboxylic acids is 1. The number of hydrogen-bond acceptors (Lipinski definition) is 6. The number of non-ortho nitro benzene ring substituents is 1. The van der Waals surface area contributed by atoms with Crippen molar-refractivity contribution < 1.29 is 14.6 Å². The maximum atomic E-state index is 12.3. The van der Waals surface area contributed by atoms with Gasteiger partial charge in [-0.1, -0.05) is 17.7 Å². The molecular weight excluding hydrogens is 414 g/mol. The van der Waals surface area contributed by atoms with Crippen LogP contribution in [-0.2, 0) is 4.79 Å². The second kappa shape index (κ2) is 8.53. The summed E-state index contributed by atoms with van der Waals surface area (Å²) in [6, 6.07) is 11.5. The molecule has 0 saturated heterocycles. The Morgan fingerprint density at radius 2 is 1.80 bits per heavy atom. The molecule has 0 radical (unpaired) electrons. The van der Waals surface area contributed by atoms with Crippen LogP contribution in [0.15, 0.2) is 54.6 Å². The lowest BCUT2D eigenvalue weighted by Gasteiger charge is -2.07. The SMILES string of the molecule is Cc1cc(NC(=O)/C=C/c2ccc(Cl)c([N+](=O)[O-])c2)n(-c2ccc([N+](=O)[O-])cc2)n1. The van der Waals surface area contributed by atoms with Crippen molar-refractivity contribution in [3.8, 4) is 5.69 Å². The molecule has 10 nitrogen and oxygen atoms in total. The Kier molecular flexibility index (Phi) is 5.88. The molecule has 2 aromatic carbocycles. The van der Waals surface area contributed by atoms with E-state index in [1.165, 1.54) is 53.2 Å². The van der Waals surface area contributed by atoms with Gasteiger partial charge in [-0.3, -0.25) is 25.0 Å². The fourth-order valence-electron chi connectivity index (χ4n) is 2.61. The zero-order chi connectivity index (χ0) is 21.8. The number of nitrogens with one attached hydrogen (secondary N) is 1. The van der Waals surface area contributed by atoms with Gasteiger partial charge in [0, 0.05) is 30.3 Å². The van der Waals surface area contributed by atoms with E-state index in [0.29, 0.717) is 22.8 Å². The molecule has 30 heavy (non-hydrogen) atoms. The van der Waals surface area contributed by atoms with Crippen molar-refractivity contribution in [2.75, 3.05) is 5.32 Å². The summed E-state index contributed by atoms with van der Waals surface area (Å²) >= 11 is 5.77. The van der Waals surface area contributed by atoms with Crippen LogP contribution in [0.5, 0.6) is 0 Å². The number of benzene rings is 2. The second-order valence-electron chi connectivity index (χ2n) is 6.15. The van der Waals surface area contributed by atoms with Crippen LogP contribution < -0.4 is 5.32 Å². The first-order valence-electron chi connectivity index (χ1n) is 8.49. The average molecular weight is 428 g/mol. The minimum absolute atomic E-state index is 0.00377. The van der Waals surface area contributed by atoms with Gasteiger partial charge in [-0.15, -0.1) is 0 Å². The number of aryl methyl sites for hydroxylation is 1. The van der Waals surface area contributed by atoms with Crippen LogP contribution in [0.4, 0.5) is 17.2 Å². The van der Waals surface area contributed by atoms with Crippen LogP contribution in [0.25, 0.3) is 11.8 Å². The Hall–Kier alpha value is -4.05. The molecule has 0 bridgehead atoms. The summed E-state index contributed by atoms with van der Waals surface area (Å²) in [5, 5.41) is 28.7. The van der Waals surface area contributed by atoms with Gasteiger partial charge in [0.25, 0.3) is 11.4 Å². The summed E-state index contributed by atoms with van der Waals surface area (Å²) in [7, 11) is 0. The van der Waals surface area contributed by atoms with Gasteiger partial charge < -0.3 is 5.32 Å². The maximum absolute atomic E-state index is 12.3. The molecule has 1 aromatic heterocycles. The highest BCUT2D eigenvalue weighted by Crippen LogP contribution is 2.25. The lowest BCUT2D eigenvalue weighted by atomic mass is 10.2. The molecule has 0 saturated carbocycles. The van der Waals surface area contributed by atoms with E-state index >= 15 is 0 Å². The number of nitro groups is 2. The fourth-order valence-corrected chi connectivity index (χ4v) is 2.80. The van der Waals surface area contributed by atoms with Crippen molar-refractivity contribution in [3.05, 3.63) is 91.1 Å². The standard InChI is InChI=1S/C19H14ClN5O5/c1-12-10-18(23(22-12)14-4-6-15(7-5-14)24(27)28)21-19(26)9-3-13-2-8-16(20)17(11-13)25(29)30/h2-11H,1H3,(H,21,26)/b9-3+. The number of rotatable bonds is 6. The van der Waals surface area contributed by atoms with Crippen molar-refractivity contribution in [1.29, 1.82) is 0 Å². The van der Waals surface area contributed by atoms with E-state index in [4.69, 9.17) is 11.6 Å². The Labute approximate surface area is 174 Å². The summed E-state index contributed by atoms with van der Waals surface area (Å²) in [6.45, 7) is 1.74. The number of nitrogens with zero attached hydrogens (tertiary/aromatic N) is 4. The molecule has 11 heteroatoms. The molecule has 3 aromatic rings. The molecule has 0 atom stereocenters. The maximum Gasteiger partial charge on any atom is 0.288 e. The van der Waals surface area contributed by atoms with E-state index in [9.17, 15) is 25.0 Å². The molecular formula is C19H14ClN5O5. The average Bonchev–Trinajstić information content (AvgIpc) is 3.07. The molecule has 1 N–H and O–H groups in total. The van der Waals surface area contributed by atoms with E-state index in [-0.39, 0.29) is 16.4 Å². The first-order chi connectivity index (χ1) is 14.2. The van der Waals surface area contributed by atoms with Gasteiger partial charge in [-0.05, 0) is 36.8 Å². The van der Waals surface area contributed by atoms with Crippen molar-refractivity contribution >= 4 is 40.8 Å². The van der Waals surface area contributed by atoms with Crippen LogP contribution in [0.3, 0.4) is 0 Å². The summed E-state index contributed by atoms with van der Waals surface area (Å²) < 4.78 is 1.44. The smallest absolute Gasteiger partial charge is 0.288 e. The van der Waals surface area contributed by atoms with Crippen molar-refractivity contribution in [2.24, 2.45) is 0 Å². The summed E-state index contributed by atoms with van der Waals surface area (Å²) in [6.07, 6.45) is 2.63. The van der Waals surface area contributed by atoms with Crippen molar-refractivity contribution in [1.82, 2.24) is 9.78 Å². The van der Waals surface area contributed by atoms with Crippen LogP contribution in [0, 0.1) is 27.2 Å². The summed E-state index contributed by atoms with van der Waals surface area (Å²) in [5.74, 6) is -0.131. The number of anilines is 1. The molecule has 0 aliphatic heterocycles. The van der Waals surface area contributed by atoms with Gasteiger partial charge in [0.15, 0.2) is 0 Å². The molecule has 1 amide bonds. The van der Waals surface area contributed by atoms with Crippen molar-refractivity contribution in [3.63, 3.8) is 0 Å². The third kappa shape index (κ3) is 4.67. The number of amides is 1. The van der Waals surface area contributed by atoms with E-state index in [1.807, 2.05) is 0 Å². The minimum Gasteiger partial charge on any atom is -0.307 e. The number of carbonyl (C=O) groups is 1. The quantitative estimate of drug-likeness (QED) is 0.354. The highest BCUT2D eigenvalue weighted by Gasteiger charge is 2.13. The molecule has 0 spiro atoms. The fraction of sp³-hybridized carbons (Fsp3) is 0.0526.